The van der Waals surface area contributed by atoms with E-state index in [2.05, 4.69) is 24.3 Å². The lowest BCUT2D eigenvalue weighted by Crippen LogP contribution is -2.49. The molecule has 1 heterocycles. The number of carbonyl (C=O) groups excluding carboxylic acids is 1. The van der Waals surface area contributed by atoms with Gasteiger partial charge in [-0.1, -0.05) is 29.7 Å². The zero-order valence-corrected chi connectivity index (χ0v) is 18.5. The van der Waals surface area contributed by atoms with Crippen LogP contribution in [0.1, 0.15) is 72.8 Å². The second-order valence-corrected chi connectivity index (χ2v) is 9.84. The quantitative estimate of drug-likeness (QED) is 0.785. The van der Waals surface area contributed by atoms with Crippen LogP contribution in [0.4, 0.5) is 4.79 Å². The Hall–Kier alpha value is -1.53. The van der Waals surface area contributed by atoms with Crippen molar-refractivity contribution in [2.45, 2.75) is 84.0 Å². The third-order valence-electron chi connectivity index (χ3n) is 5.67. The van der Waals surface area contributed by atoms with Gasteiger partial charge in [0, 0.05) is 13.1 Å². The highest BCUT2D eigenvalue weighted by Gasteiger charge is 2.35. The van der Waals surface area contributed by atoms with Gasteiger partial charge in [0.15, 0.2) is 0 Å². The summed E-state index contributed by atoms with van der Waals surface area (Å²) in [5.74, 6) is 0.460. The molecule has 0 unspecified atom stereocenters. The molecule has 1 N–H and O–H groups in total. The van der Waals surface area contributed by atoms with E-state index < -0.39 is 16.8 Å². The first-order valence-electron chi connectivity index (χ1n) is 10.2. The SMILES string of the molecule is CC(C)(C)OC(=O)N1CCC(c2ccc(BOC(C)(C)C(C)(C)O)cc2)CC1. The Balaban J connectivity index is 1.87. The van der Waals surface area contributed by atoms with Crippen molar-refractivity contribution in [2.75, 3.05) is 13.1 Å². The molecule has 6 heteroatoms. The predicted molar refractivity (Wildman–Crippen MR) is 114 cm³/mol. The highest BCUT2D eigenvalue weighted by atomic mass is 16.6. The monoisotopic (exact) mass is 389 g/mol. The number of likely N-dealkylation sites (tertiary alicyclic amines) is 1. The average Bonchev–Trinajstić information content (AvgIpc) is 2.58. The molecule has 2 rings (SSSR count). The summed E-state index contributed by atoms with van der Waals surface area (Å²) in [6, 6.07) is 8.50. The molecule has 0 atom stereocenters. The normalized spacial score (nSPS) is 16.8. The Bertz CT molecular complexity index is 651. The van der Waals surface area contributed by atoms with Crippen LogP contribution in [0.15, 0.2) is 24.3 Å². The maximum absolute atomic E-state index is 12.2. The summed E-state index contributed by atoms with van der Waals surface area (Å²) in [4.78, 5) is 14.0. The molecule has 1 aliphatic rings. The fourth-order valence-electron chi connectivity index (χ4n) is 3.05. The van der Waals surface area contributed by atoms with E-state index in [0.29, 0.717) is 13.4 Å². The lowest BCUT2D eigenvalue weighted by Gasteiger charge is -2.37. The number of benzene rings is 1. The van der Waals surface area contributed by atoms with E-state index in [1.165, 1.54) is 5.56 Å². The van der Waals surface area contributed by atoms with Gasteiger partial charge in [-0.25, -0.2) is 4.79 Å². The second kappa shape index (κ2) is 8.46. The van der Waals surface area contributed by atoms with Crippen LogP contribution in [-0.4, -0.2) is 53.5 Å². The second-order valence-electron chi connectivity index (χ2n) is 9.84. The van der Waals surface area contributed by atoms with Gasteiger partial charge in [0.2, 0.25) is 0 Å². The van der Waals surface area contributed by atoms with E-state index in [4.69, 9.17) is 9.39 Å². The van der Waals surface area contributed by atoms with E-state index in [-0.39, 0.29) is 6.09 Å². The molecule has 0 spiro atoms. The summed E-state index contributed by atoms with van der Waals surface area (Å²) in [6.07, 6.45) is 1.68. The zero-order chi connectivity index (χ0) is 21.2. The molecular formula is C22H36BNO4. The topological polar surface area (TPSA) is 59.0 Å². The lowest BCUT2D eigenvalue weighted by molar-refractivity contribution is -0.0893. The fourth-order valence-corrected chi connectivity index (χ4v) is 3.05. The molecule has 0 saturated carbocycles. The van der Waals surface area contributed by atoms with E-state index in [1.54, 1.807) is 13.8 Å². The molecule has 1 amide bonds. The van der Waals surface area contributed by atoms with Gasteiger partial charge in [-0.2, -0.15) is 0 Å². The summed E-state index contributed by atoms with van der Waals surface area (Å²) in [6.45, 7) is 14.5. The average molecular weight is 389 g/mol. The summed E-state index contributed by atoms with van der Waals surface area (Å²) < 4.78 is 11.4. The standard InChI is InChI=1S/C22H36BNO4/c1-20(2,3)27-19(25)24-14-12-17(13-15-24)16-8-10-18(11-9-16)23-28-22(6,7)21(4,5)26/h8-11,17,23,26H,12-15H2,1-7H3. The first-order chi connectivity index (χ1) is 12.8. The van der Waals surface area contributed by atoms with Crippen LogP contribution >= 0.6 is 0 Å². The van der Waals surface area contributed by atoms with E-state index in [0.717, 1.165) is 31.4 Å². The van der Waals surface area contributed by atoms with Gasteiger partial charge in [-0.05, 0) is 72.8 Å². The third kappa shape index (κ3) is 6.24. The minimum absolute atomic E-state index is 0.215. The molecule has 1 saturated heterocycles. The molecule has 5 nitrogen and oxygen atoms in total. The molecule has 0 radical (unpaired) electrons. The molecule has 1 aromatic rings. The number of rotatable bonds is 5. The first-order valence-corrected chi connectivity index (χ1v) is 10.2. The Labute approximate surface area is 170 Å². The molecule has 0 bridgehead atoms. The first kappa shape index (κ1) is 22.8. The van der Waals surface area contributed by atoms with Gasteiger partial charge in [-0.3, -0.25) is 0 Å². The number of hydrogen-bond donors (Lipinski definition) is 1. The molecule has 1 fully saturated rings. The lowest BCUT2D eigenvalue weighted by atomic mass is 9.81. The smallest absolute Gasteiger partial charge is 0.410 e. The van der Waals surface area contributed by atoms with Gasteiger partial charge >= 0.3 is 13.6 Å². The summed E-state index contributed by atoms with van der Waals surface area (Å²) >= 11 is 0. The van der Waals surface area contributed by atoms with Crippen LogP contribution in [-0.2, 0) is 9.39 Å². The molecule has 1 aliphatic heterocycles. The molecule has 0 aliphatic carbocycles. The van der Waals surface area contributed by atoms with Crippen molar-refractivity contribution in [2.24, 2.45) is 0 Å². The zero-order valence-electron chi connectivity index (χ0n) is 18.5. The third-order valence-corrected chi connectivity index (χ3v) is 5.67. The largest absolute Gasteiger partial charge is 0.444 e. The van der Waals surface area contributed by atoms with Gasteiger partial charge < -0.3 is 19.4 Å². The van der Waals surface area contributed by atoms with Crippen LogP contribution in [0.25, 0.3) is 0 Å². The number of hydrogen-bond acceptors (Lipinski definition) is 4. The fraction of sp³-hybridized carbons (Fsp3) is 0.682. The van der Waals surface area contributed by atoms with E-state index in [9.17, 15) is 9.90 Å². The summed E-state index contributed by atoms with van der Waals surface area (Å²) in [5.41, 5.74) is 0.405. The Morgan fingerprint density at radius 1 is 1.04 bits per heavy atom. The number of aliphatic hydroxyl groups is 1. The van der Waals surface area contributed by atoms with Crippen molar-refractivity contribution >= 4 is 19.0 Å². The van der Waals surface area contributed by atoms with Crippen LogP contribution in [0.3, 0.4) is 0 Å². The van der Waals surface area contributed by atoms with Gasteiger partial charge in [-0.15, -0.1) is 0 Å². The van der Waals surface area contributed by atoms with E-state index in [1.807, 2.05) is 39.5 Å². The summed E-state index contributed by atoms with van der Waals surface area (Å²) in [5, 5.41) is 10.2. The maximum Gasteiger partial charge on any atom is 0.410 e. The minimum atomic E-state index is -0.908. The van der Waals surface area contributed by atoms with Gasteiger partial charge in [0.25, 0.3) is 0 Å². The predicted octanol–water partition coefficient (Wildman–Crippen LogP) is 3.34. The van der Waals surface area contributed by atoms with Crippen molar-refractivity contribution in [3.63, 3.8) is 0 Å². The Morgan fingerprint density at radius 3 is 2.04 bits per heavy atom. The van der Waals surface area contributed by atoms with Crippen molar-refractivity contribution in [1.82, 2.24) is 4.90 Å². The number of nitrogens with zero attached hydrogens (tertiary/aromatic N) is 1. The van der Waals surface area contributed by atoms with Crippen molar-refractivity contribution in [3.8, 4) is 0 Å². The number of piperidine rings is 1. The highest BCUT2D eigenvalue weighted by Crippen LogP contribution is 2.28. The molecular weight excluding hydrogens is 353 g/mol. The van der Waals surface area contributed by atoms with Crippen LogP contribution in [0.5, 0.6) is 0 Å². The molecule has 28 heavy (non-hydrogen) atoms. The van der Waals surface area contributed by atoms with E-state index >= 15 is 0 Å². The van der Waals surface area contributed by atoms with Gasteiger partial charge in [0.1, 0.15) is 5.60 Å². The molecule has 0 aromatic heterocycles. The maximum atomic E-state index is 12.2. The van der Waals surface area contributed by atoms with Crippen molar-refractivity contribution < 1.29 is 19.3 Å². The Morgan fingerprint density at radius 2 is 1.57 bits per heavy atom. The summed E-state index contributed by atoms with van der Waals surface area (Å²) in [7, 11) is 0.467. The Kier molecular flexibility index (Phi) is 6.88. The highest BCUT2D eigenvalue weighted by molar-refractivity contribution is 6.47. The van der Waals surface area contributed by atoms with Crippen molar-refractivity contribution in [3.05, 3.63) is 29.8 Å². The van der Waals surface area contributed by atoms with Crippen LogP contribution < -0.4 is 5.46 Å². The van der Waals surface area contributed by atoms with Crippen LogP contribution in [0, 0.1) is 0 Å². The number of carbonyl (C=O) groups is 1. The van der Waals surface area contributed by atoms with Crippen LogP contribution in [0.2, 0.25) is 0 Å². The number of ether oxygens (including phenoxy) is 1. The number of amides is 1. The molecule has 1 aromatic carbocycles. The van der Waals surface area contributed by atoms with Crippen molar-refractivity contribution in [1.29, 1.82) is 0 Å². The molecule has 156 valence electrons. The minimum Gasteiger partial charge on any atom is -0.444 e. The van der Waals surface area contributed by atoms with Gasteiger partial charge in [0.05, 0.1) is 11.2 Å².